The van der Waals surface area contributed by atoms with Crippen molar-refractivity contribution in [2.75, 3.05) is 0 Å². The molecule has 0 radical (unpaired) electrons. The van der Waals surface area contributed by atoms with E-state index in [1.54, 1.807) is 48.5 Å². The van der Waals surface area contributed by atoms with Gasteiger partial charge in [0.1, 0.15) is 11.5 Å². The van der Waals surface area contributed by atoms with Gasteiger partial charge in [-0.3, -0.25) is 9.59 Å². The first-order chi connectivity index (χ1) is 16.9. The number of carbonyl (C=O) groups is 2. The molecule has 0 aromatic heterocycles. The predicted molar refractivity (Wildman–Crippen MR) is 151 cm³/mol. The van der Waals surface area contributed by atoms with Gasteiger partial charge < -0.3 is 20.4 Å². The highest BCUT2D eigenvalue weighted by Gasteiger charge is 2.37. The standard InChI is InChI=1S/C26H22Br4O6/c27-18-7-15(24(35)20(29)9-18)11-26(13-23(33)34,12-16-8-19(28)10-21(30)25(16)36)17-4-1-14(2-5-17)3-6-22(31)32/h1-2,4-5,7-10,35-36H,3,6,11-13H2,(H,31,32)(H,33,34). The van der Waals surface area contributed by atoms with Crippen LogP contribution in [0.1, 0.15) is 35.1 Å². The number of hydrogen-bond donors (Lipinski definition) is 4. The Morgan fingerprint density at radius 2 is 1.19 bits per heavy atom. The molecule has 3 aromatic carbocycles. The molecule has 0 saturated heterocycles. The van der Waals surface area contributed by atoms with E-state index in [4.69, 9.17) is 5.11 Å². The van der Waals surface area contributed by atoms with Gasteiger partial charge in [0.05, 0.1) is 15.4 Å². The summed E-state index contributed by atoms with van der Waals surface area (Å²) in [6.07, 6.45) is 0.358. The van der Waals surface area contributed by atoms with E-state index in [1.165, 1.54) is 0 Å². The van der Waals surface area contributed by atoms with E-state index in [9.17, 15) is 24.9 Å². The first-order valence-electron chi connectivity index (χ1n) is 10.8. The van der Waals surface area contributed by atoms with E-state index in [0.29, 0.717) is 41.0 Å². The number of halogens is 4. The van der Waals surface area contributed by atoms with Crippen LogP contribution in [-0.4, -0.2) is 32.4 Å². The monoisotopic (exact) mass is 746 g/mol. The third-order valence-electron chi connectivity index (χ3n) is 5.96. The number of rotatable bonds is 10. The van der Waals surface area contributed by atoms with Crippen molar-refractivity contribution in [3.63, 3.8) is 0 Å². The lowest BCUT2D eigenvalue weighted by atomic mass is 9.69. The highest BCUT2D eigenvalue weighted by atomic mass is 79.9. The number of phenolic OH excluding ortho intramolecular Hbond substituents is 2. The number of phenols is 2. The highest BCUT2D eigenvalue weighted by Crippen LogP contribution is 2.43. The first-order valence-corrected chi connectivity index (χ1v) is 13.9. The van der Waals surface area contributed by atoms with Crippen LogP contribution in [0.15, 0.2) is 66.4 Å². The Balaban J connectivity index is 2.19. The normalized spacial score (nSPS) is 11.4. The Bertz CT molecular complexity index is 1230. The SMILES string of the molecule is O=C(O)CCc1ccc(C(CC(=O)O)(Cc2cc(Br)cc(Br)c2O)Cc2cc(Br)cc(Br)c2O)cc1. The van der Waals surface area contributed by atoms with E-state index >= 15 is 0 Å². The van der Waals surface area contributed by atoms with E-state index in [0.717, 1.165) is 5.56 Å². The fraction of sp³-hybridized carbons (Fsp3) is 0.231. The molecule has 0 fully saturated rings. The molecule has 0 aliphatic carbocycles. The molecule has 0 aliphatic heterocycles. The third kappa shape index (κ3) is 7.12. The lowest BCUT2D eigenvalue weighted by Crippen LogP contribution is -2.35. The Morgan fingerprint density at radius 1 is 0.722 bits per heavy atom. The summed E-state index contributed by atoms with van der Waals surface area (Å²) >= 11 is 13.6. The smallest absolute Gasteiger partial charge is 0.304 e. The van der Waals surface area contributed by atoms with Crippen molar-refractivity contribution < 1.29 is 30.0 Å². The first kappa shape index (κ1) is 28.7. The Labute approximate surface area is 241 Å². The topological polar surface area (TPSA) is 115 Å². The minimum absolute atomic E-state index is 0.00527. The second-order valence-corrected chi connectivity index (χ2v) is 12.1. The maximum Gasteiger partial charge on any atom is 0.304 e. The minimum atomic E-state index is -1.06. The molecule has 4 N–H and O–H groups in total. The maximum absolute atomic E-state index is 12.2. The molecule has 0 heterocycles. The van der Waals surface area contributed by atoms with E-state index in [-0.39, 0.29) is 37.2 Å². The summed E-state index contributed by atoms with van der Waals surface area (Å²) in [4.78, 5) is 23.2. The molecule has 0 aliphatic rings. The molecule has 36 heavy (non-hydrogen) atoms. The molecule has 0 amide bonds. The van der Waals surface area contributed by atoms with Crippen LogP contribution in [0.5, 0.6) is 11.5 Å². The summed E-state index contributed by atoms with van der Waals surface area (Å²) in [5.41, 5.74) is 1.50. The van der Waals surface area contributed by atoms with E-state index in [2.05, 4.69) is 63.7 Å². The summed E-state index contributed by atoms with van der Waals surface area (Å²) in [5.74, 6) is -1.92. The number of aromatic hydroxyl groups is 2. The fourth-order valence-electron chi connectivity index (χ4n) is 4.30. The predicted octanol–water partition coefficient (Wildman–Crippen LogP) is 7.36. The minimum Gasteiger partial charge on any atom is -0.506 e. The van der Waals surface area contributed by atoms with Crippen LogP contribution >= 0.6 is 63.7 Å². The molecule has 6 nitrogen and oxygen atoms in total. The largest absolute Gasteiger partial charge is 0.506 e. The molecule has 0 bridgehead atoms. The van der Waals surface area contributed by atoms with E-state index < -0.39 is 17.4 Å². The molecule has 190 valence electrons. The molecule has 0 saturated carbocycles. The molecular weight excluding hydrogens is 728 g/mol. The van der Waals surface area contributed by atoms with Crippen molar-refractivity contribution in [2.24, 2.45) is 0 Å². The molecule has 3 aromatic rings. The fourth-order valence-corrected chi connectivity index (χ4v) is 6.92. The number of benzene rings is 3. The summed E-state index contributed by atoms with van der Waals surface area (Å²) in [6, 6.07) is 14.1. The number of aryl methyl sites for hydroxylation is 1. The lowest BCUT2D eigenvalue weighted by molar-refractivity contribution is -0.139. The number of carboxylic acids is 2. The van der Waals surface area contributed by atoms with Crippen molar-refractivity contribution in [1.29, 1.82) is 0 Å². The van der Waals surface area contributed by atoms with Crippen LogP contribution in [0.25, 0.3) is 0 Å². The average Bonchev–Trinajstić information content (AvgIpc) is 2.78. The van der Waals surface area contributed by atoms with Crippen molar-refractivity contribution >= 4 is 75.7 Å². The van der Waals surface area contributed by atoms with Gasteiger partial charge in [0.15, 0.2) is 0 Å². The molecule has 10 heteroatoms. The molecule has 0 unspecified atom stereocenters. The van der Waals surface area contributed by atoms with Gasteiger partial charge in [0.2, 0.25) is 0 Å². The zero-order valence-electron chi connectivity index (χ0n) is 18.8. The van der Waals surface area contributed by atoms with Crippen molar-refractivity contribution in [1.82, 2.24) is 0 Å². The third-order valence-corrected chi connectivity index (χ3v) is 8.08. The zero-order chi connectivity index (χ0) is 26.6. The highest BCUT2D eigenvalue weighted by molar-refractivity contribution is 9.11. The van der Waals surface area contributed by atoms with Gasteiger partial charge in [0, 0.05) is 20.8 Å². The molecule has 0 spiro atoms. The van der Waals surface area contributed by atoms with Crippen LogP contribution in [0.2, 0.25) is 0 Å². The summed E-state index contributed by atoms with van der Waals surface area (Å²) in [7, 11) is 0. The van der Waals surface area contributed by atoms with Gasteiger partial charge in [-0.1, -0.05) is 56.1 Å². The van der Waals surface area contributed by atoms with Gasteiger partial charge >= 0.3 is 11.9 Å². The number of aliphatic carboxylic acids is 2. The Morgan fingerprint density at radius 3 is 1.61 bits per heavy atom. The average molecular weight is 750 g/mol. The van der Waals surface area contributed by atoms with E-state index in [1.807, 2.05) is 0 Å². The number of carboxylic acid groups (broad SMARTS) is 2. The van der Waals surface area contributed by atoms with Gasteiger partial charge in [0.25, 0.3) is 0 Å². The van der Waals surface area contributed by atoms with Crippen LogP contribution in [0.4, 0.5) is 0 Å². The van der Waals surface area contributed by atoms with Gasteiger partial charge in [-0.05, 0) is 97.6 Å². The second kappa shape index (κ2) is 12.1. The van der Waals surface area contributed by atoms with Crippen molar-refractivity contribution in [2.45, 2.75) is 37.5 Å². The molecule has 3 rings (SSSR count). The van der Waals surface area contributed by atoms with Gasteiger partial charge in [-0.25, -0.2) is 0 Å². The van der Waals surface area contributed by atoms with Gasteiger partial charge in [-0.2, -0.15) is 0 Å². The zero-order valence-corrected chi connectivity index (χ0v) is 25.1. The summed E-state index contributed by atoms with van der Waals surface area (Å²) in [5, 5.41) is 40.6. The maximum atomic E-state index is 12.2. The van der Waals surface area contributed by atoms with Crippen molar-refractivity contribution in [3.05, 3.63) is 88.7 Å². The number of hydrogen-bond acceptors (Lipinski definition) is 4. The molecular formula is C26H22Br4O6. The lowest BCUT2D eigenvalue weighted by Gasteiger charge is -2.34. The van der Waals surface area contributed by atoms with Crippen LogP contribution < -0.4 is 0 Å². The van der Waals surface area contributed by atoms with Crippen LogP contribution in [0, 0.1) is 0 Å². The quantitative estimate of drug-likeness (QED) is 0.172. The Kier molecular flexibility index (Phi) is 9.65. The summed E-state index contributed by atoms with van der Waals surface area (Å²) < 4.78 is 2.35. The second-order valence-electron chi connectivity index (χ2n) is 8.59. The molecule has 0 atom stereocenters. The van der Waals surface area contributed by atoms with Crippen LogP contribution in [0.3, 0.4) is 0 Å². The summed E-state index contributed by atoms with van der Waals surface area (Å²) in [6.45, 7) is 0. The van der Waals surface area contributed by atoms with Gasteiger partial charge in [-0.15, -0.1) is 0 Å². The van der Waals surface area contributed by atoms with Crippen LogP contribution in [-0.2, 0) is 34.3 Å². The Hall–Kier alpha value is -1.88. The van der Waals surface area contributed by atoms with Crippen molar-refractivity contribution in [3.8, 4) is 11.5 Å².